The number of hydrogen-bond acceptors (Lipinski definition) is 2. The minimum Gasteiger partial charge on any atom is -0.478 e. The molecule has 2 aromatic rings. The van der Waals surface area contributed by atoms with Gasteiger partial charge >= 0.3 is 0 Å². The molecule has 0 saturated carbocycles. The summed E-state index contributed by atoms with van der Waals surface area (Å²) in [7, 11) is 0. The average Bonchev–Trinajstić information content (AvgIpc) is 2.40. The summed E-state index contributed by atoms with van der Waals surface area (Å²) in [5, 5.41) is 0.760. The van der Waals surface area contributed by atoms with E-state index >= 15 is 0 Å². The van der Waals surface area contributed by atoms with Gasteiger partial charge in [-0.25, -0.2) is 4.98 Å². The van der Waals surface area contributed by atoms with Crippen molar-refractivity contribution in [3.8, 4) is 5.88 Å². The van der Waals surface area contributed by atoms with Crippen LogP contribution in [-0.2, 0) is 0 Å². The van der Waals surface area contributed by atoms with Crippen LogP contribution in [0.15, 0.2) is 42.6 Å². The van der Waals surface area contributed by atoms with Crippen molar-refractivity contribution in [2.24, 2.45) is 0 Å². The third-order valence-electron chi connectivity index (χ3n) is 2.92. The van der Waals surface area contributed by atoms with Crippen LogP contribution in [0.4, 0.5) is 0 Å². The number of benzene rings is 1. The van der Waals surface area contributed by atoms with Crippen LogP contribution in [-0.4, -0.2) is 11.6 Å². The van der Waals surface area contributed by atoms with E-state index in [1.807, 2.05) is 43.5 Å². The van der Waals surface area contributed by atoms with Gasteiger partial charge in [0, 0.05) is 23.2 Å². The van der Waals surface area contributed by atoms with E-state index in [4.69, 9.17) is 16.3 Å². The van der Waals surface area contributed by atoms with Gasteiger partial charge in [0.25, 0.3) is 0 Å². The molecule has 0 spiro atoms. The van der Waals surface area contributed by atoms with Crippen molar-refractivity contribution in [3.05, 3.63) is 58.7 Å². The van der Waals surface area contributed by atoms with Gasteiger partial charge in [-0.3, -0.25) is 0 Å². The Hall–Kier alpha value is -1.54. The van der Waals surface area contributed by atoms with E-state index in [1.54, 1.807) is 0 Å². The smallest absolute Gasteiger partial charge is 0.213 e. The Labute approximate surface area is 113 Å². The van der Waals surface area contributed by atoms with Gasteiger partial charge in [-0.1, -0.05) is 36.7 Å². The highest BCUT2D eigenvalue weighted by Gasteiger charge is 2.08. The van der Waals surface area contributed by atoms with Crippen LogP contribution in [0.5, 0.6) is 5.88 Å². The first-order valence-corrected chi connectivity index (χ1v) is 6.42. The third kappa shape index (κ3) is 3.02. The largest absolute Gasteiger partial charge is 0.478 e. The molecule has 0 N–H and O–H groups in total. The first-order valence-electron chi connectivity index (χ1n) is 6.05. The normalized spacial score (nSPS) is 12.2. The molecule has 0 fully saturated rings. The molecule has 3 heteroatoms. The summed E-state index contributed by atoms with van der Waals surface area (Å²) in [6.45, 7) is 4.74. The summed E-state index contributed by atoms with van der Waals surface area (Å²) >= 11 is 5.89. The maximum Gasteiger partial charge on any atom is 0.213 e. The second-order valence-electron chi connectivity index (χ2n) is 4.14. The van der Waals surface area contributed by atoms with E-state index in [-0.39, 0.29) is 0 Å². The van der Waals surface area contributed by atoms with Gasteiger partial charge in [0.15, 0.2) is 0 Å². The average molecular weight is 262 g/mol. The van der Waals surface area contributed by atoms with Gasteiger partial charge in [-0.2, -0.15) is 0 Å². The number of halogens is 1. The number of hydrogen-bond donors (Lipinski definition) is 0. The molecular weight excluding hydrogens is 246 g/mol. The number of ether oxygens (including phenoxy) is 1. The summed E-state index contributed by atoms with van der Waals surface area (Å²) in [4.78, 5) is 4.28. The molecule has 0 bridgehead atoms. The van der Waals surface area contributed by atoms with Crippen molar-refractivity contribution < 1.29 is 4.74 Å². The highest BCUT2D eigenvalue weighted by atomic mass is 35.5. The van der Waals surface area contributed by atoms with Crippen molar-refractivity contribution >= 4 is 11.6 Å². The molecule has 2 rings (SSSR count). The van der Waals surface area contributed by atoms with Crippen LogP contribution < -0.4 is 4.74 Å². The van der Waals surface area contributed by atoms with Crippen molar-refractivity contribution in [3.63, 3.8) is 0 Å². The number of aromatic nitrogens is 1. The van der Waals surface area contributed by atoms with Gasteiger partial charge < -0.3 is 4.74 Å². The fourth-order valence-electron chi connectivity index (χ4n) is 1.83. The molecule has 0 aliphatic carbocycles. The van der Waals surface area contributed by atoms with E-state index in [1.165, 1.54) is 11.1 Å². The summed E-state index contributed by atoms with van der Waals surface area (Å²) in [5.41, 5.74) is 2.39. The number of rotatable bonds is 4. The molecule has 1 aromatic heterocycles. The molecule has 0 saturated heterocycles. The second kappa shape index (κ2) is 5.87. The zero-order valence-corrected chi connectivity index (χ0v) is 11.3. The predicted molar refractivity (Wildman–Crippen MR) is 74.4 cm³/mol. The minimum absolute atomic E-state index is 0.297. The van der Waals surface area contributed by atoms with Crippen LogP contribution in [0.3, 0.4) is 0 Å². The van der Waals surface area contributed by atoms with E-state index in [0.29, 0.717) is 18.4 Å². The highest BCUT2D eigenvalue weighted by molar-refractivity contribution is 6.30. The summed E-state index contributed by atoms with van der Waals surface area (Å²) in [6.07, 6.45) is 1.87. The molecule has 0 aliphatic heterocycles. The van der Waals surface area contributed by atoms with Gasteiger partial charge in [0.05, 0.1) is 6.61 Å². The summed E-state index contributed by atoms with van der Waals surface area (Å²) < 4.78 is 5.33. The first-order chi connectivity index (χ1) is 8.70. The molecule has 94 valence electrons. The Balaban J connectivity index is 2.17. The summed E-state index contributed by atoms with van der Waals surface area (Å²) in [5.74, 6) is 0.968. The molecule has 1 atom stereocenters. The van der Waals surface area contributed by atoms with Gasteiger partial charge in [0.2, 0.25) is 5.88 Å². The van der Waals surface area contributed by atoms with Crippen molar-refractivity contribution in [1.82, 2.24) is 4.98 Å². The Morgan fingerprint density at radius 1 is 1.11 bits per heavy atom. The van der Waals surface area contributed by atoms with E-state index in [0.717, 1.165) is 5.02 Å². The Morgan fingerprint density at radius 3 is 2.33 bits per heavy atom. The lowest BCUT2D eigenvalue weighted by Crippen LogP contribution is -1.99. The summed E-state index contributed by atoms with van der Waals surface area (Å²) in [6, 6.07) is 11.9. The fraction of sp³-hybridized carbons (Fsp3) is 0.267. The van der Waals surface area contributed by atoms with Crippen molar-refractivity contribution in [1.29, 1.82) is 0 Å². The molecular formula is C15H16ClNO. The molecule has 18 heavy (non-hydrogen) atoms. The number of pyridine rings is 1. The predicted octanol–water partition coefficient (Wildman–Crippen LogP) is 4.29. The maximum absolute atomic E-state index is 5.89. The highest BCUT2D eigenvalue weighted by Crippen LogP contribution is 2.25. The fourth-order valence-corrected chi connectivity index (χ4v) is 1.95. The Morgan fingerprint density at radius 2 is 1.78 bits per heavy atom. The SMILES string of the molecule is CCOc1ccc(C(C)c2ccc(Cl)cc2)cn1. The molecule has 1 aromatic carbocycles. The zero-order chi connectivity index (χ0) is 13.0. The van der Waals surface area contributed by atoms with Crippen LogP contribution in [0.1, 0.15) is 30.9 Å². The second-order valence-corrected chi connectivity index (χ2v) is 4.57. The van der Waals surface area contributed by atoms with Gasteiger partial charge in [-0.05, 0) is 30.2 Å². The topological polar surface area (TPSA) is 22.1 Å². The van der Waals surface area contributed by atoms with Crippen LogP contribution in [0.2, 0.25) is 5.02 Å². The van der Waals surface area contributed by atoms with E-state index in [9.17, 15) is 0 Å². The molecule has 0 aliphatic rings. The molecule has 0 amide bonds. The standard InChI is InChI=1S/C15H16ClNO/c1-3-18-15-9-6-13(10-17-15)11(2)12-4-7-14(16)8-5-12/h4-11H,3H2,1-2H3. The van der Waals surface area contributed by atoms with Crippen LogP contribution in [0, 0.1) is 0 Å². The molecule has 1 unspecified atom stereocenters. The lowest BCUT2D eigenvalue weighted by molar-refractivity contribution is 0.326. The third-order valence-corrected chi connectivity index (χ3v) is 3.17. The van der Waals surface area contributed by atoms with Gasteiger partial charge in [0.1, 0.15) is 0 Å². The first kappa shape index (κ1) is 12.9. The maximum atomic E-state index is 5.89. The van der Waals surface area contributed by atoms with E-state index < -0.39 is 0 Å². The molecule has 0 radical (unpaired) electrons. The number of nitrogens with zero attached hydrogens (tertiary/aromatic N) is 1. The Bertz CT molecular complexity index is 493. The lowest BCUT2D eigenvalue weighted by Gasteiger charge is -2.12. The molecule has 2 nitrogen and oxygen atoms in total. The zero-order valence-electron chi connectivity index (χ0n) is 10.6. The van der Waals surface area contributed by atoms with Crippen LogP contribution >= 0.6 is 11.6 Å². The minimum atomic E-state index is 0.297. The van der Waals surface area contributed by atoms with Crippen LogP contribution in [0.25, 0.3) is 0 Å². The lowest BCUT2D eigenvalue weighted by atomic mass is 9.95. The Kier molecular flexibility index (Phi) is 4.21. The molecule has 1 heterocycles. The van der Waals surface area contributed by atoms with Crippen molar-refractivity contribution in [2.75, 3.05) is 6.61 Å². The quantitative estimate of drug-likeness (QED) is 0.819. The van der Waals surface area contributed by atoms with Gasteiger partial charge in [-0.15, -0.1) is 0 Å². The van der Waals surface area contributed by atoms with Crippen molar-refractivity contribution in [2.45, 2.75) is 19.8 Å². The van der Waals surface area contributed by atoms with E-state index in [2.05, 4.69) is 18.0 Å². The monoisotopic (exact) mass is 261 g/mol.